The highest BCUT2D eigenvalue weighted by Gasteiger charge is 2.30. The first-order chi connectivity index (χ1) is 10.5. The van der Waals surface area contributed by atoms with E-state index in [1.165, 1.54) is 26.0 Å². The first kappa shape index (κ1) is 18.3. The van der Waals surface area contributed by atoms with Gasteiger partial charge in [0.25, 0.3) is 0 Å². The molecule has 8 heteroatoms. The number of allylic oxidation sites excluding steroid dienone is 1. The molecule has 0 aliphatic rings. The van der Waals surface area contributed by atoms with Gasteiger partial charge in [-0.25, -0.2) is 9.79 Å². The molecule has 4 N–H and O–H groups in total. The highest BCUT2D eigenvalue weighted by molar-refractivity contribution is 5.92. The van der Waals surface area contributed by atoms with E-state index in [0.29, 0.717) is 0 Å². The van der Waals surface area contributed by atoms with E-state index in [4.69, 9.17) is 10.8 Å². The molecule has 1 aromatic carbocycles. The molecule has 0 fully saturated rings. The number of nitrogens with one attached hydrogen (secondary N) is 1. The zero-order valence-electron chi connectivity index (χ0n) is 12.5. The Morgan fingerprint density at radius 2 is 1.96 bits per heavy atom. The number of carboxylic acids is 1. The van der Waals surface area contributed by atoms with Gasteiger partial charge in [0.2, 0.25) is 0 Å². The Labute approximate surface area is 131 Å². The van der Waals surface area contributed by atoms with Crippen molar-refractivity contribution >= 4 is 17.5 Å². The van der Waals surface area contributed by atoms with Gasteiger partial charge in [-0.1, -0.05) is 12.6 Å². The van der Waals surface area contributed by atoms with Crippen molar-refractivity contribution in [3.05, 3.63) is 53.4 Å². The molecule has 23 heavy (non-hydrogen) atoms. The number of carbonyl (C=O) groups is 1. The van der Waals surface area contributed by atoms with Crippen LogP contribution < -0.4 is 11.1 Å². The molecule has 1 rings (SSSR count). The third-order valence-electron chi connectivity index (χ3n) is 2.78. The second-order valence-electron chi connectivity index (χ2n) is 4.71. The number of aliphatic carboxylic acids is 1. The second kappa shape index (κ2) is 6.99. The van der Waals surface area contributed by atoms with Crippen LogP contribution in [0.1, 0.15) is 19.4 Å². The van der Waals surface area contributed by atoms with Gasteiger partial charge in [-0.15, -0.1) is 0 Å². The largest absolute Gasteiger partial charge is 0.477 e. The number of amidine groups is 1. The zero-order chi connectivity index (χ0) is 17.8. The number of hydrogen-bond donors (Lipinski definition) is 3. The maximum atomic E-state index is 12.7. The van der Waals surface area contributed by atoms with Crippen LogP contribution in [0.25, 0.3) is 0 Å². The third-order valence-corrected chi connectivity index (χ3v) is 2.78. The van der Waals surface area contributed by atoms with Crippen LogP contribution in [0.2, 0.25) is 0 Å². The fourth-order valence-corrected chi connectivity index (χ4v) is 1.65. The van der Waals surface area contributed by atoms with Crippen molar-refractivity contribution in [2.24, 2.45) is 10.7 Å². The lowest BCUT2D eigenvalue weighted by molar-refractivity contribution is -0.137. The van der Waals surface area contributed by atoms with E-state index in [1.807, 2.05) is 0 Å². The summed E-state index contributed by atoms with van der Waals surface area (Å²) >= 11 is 0. The molecule has 5 nitrogen and oxygen atoms in total. The predicted octanol–water partition coefficient (Wildman–Crippen LogP) is 3.37. The van der Waals surface area contributed by atoms with Crippen molar-refractivity contribution in [3.8, 4) is 0 Å². The molecular weight excluding hydrogens is 311 g/mol. The summed E-state index contributed by atoms with van der Waals surface area (Å²) in [6.45, 7) is 6.47. The Morgan fingerprint density at radius 1 is 1.35 bits per heavy atom. The summed E-state index contributed by atoms with van der Waals surface area (Å²) in [7, 11) is 0. The number of benzene rings is 1. The number of hydrogen-bond acceptors (Lipinski definition) is 3. The predicted molar refractivity (Wildman–Crippen MR) is 81.8 cm³/mol. The molecule has 0 aliphatic carbocycles. The van der Waals surface area contributed by atoms with E-state index in [-0.39, 0.29) is 28.5 Å². The third kappa shape index (κ3) is 5.17. The summed E-state index contributed by atoms with van der Waals surface area (Å²) in [6, 6.07) is 4.47. The highest BCUT2D eigenvalue weighted by Crippen LogP contribution is 2.31. The SMILES string of the molecule is C=C(Nc1cccc(C(F)(F)F)c1)/C(C)=C(\N=C(\C)N)C(=O)O. The summed E-state index contributed by atoms with van der Waals surface area (Å²) in [5.41, 5.74) is 4.58. The molecular formula is C15H16F3N3O2. The number of halogens is 3. The van der Waals surface area contributed by atoms with Crippen molar-refractivity contribution < 1.29 is 23.1 Å². The number of alkyl halides is 3. The standard InChI is InChI=1S/C15H16F3N3O2/c1-8(13(14(22)23)21-10(3)19)9(2)20-12-6-4-5-11(7-12)15(16,17)18/h4-7,20H,2H2,1,3H3,(H2,19,21)(H,22,23)/b13-8-. The van der Waals surface area contributed by atoms with E-state index in [1.54, 1.807) is 0 Å². The maximum absolute atomic E-state index is 12.7. The minimum atomic E-state index is -4.48. The van der Waals surface area contributed by atoms with Gasteiger partial charge in [0.15, 0.2) is 5.70 Å². The van der Waals surface area contributed by atoms with E-state index in [9.17, 15) is 18.0 Å². The van der Waals surface area contributed by atoms with Crippen molar-refractivity contribution in [1.29, 1.82) is 0 Å². The van der Waals surface area contributed by atoms with Gasteiger partial charge in [0.1, 0.15) is 0 Å². The Kier molecular flexibility index (Phi) is 5.56. The van der Waals surface area contributed by atoms with Crippen LogP contribution in [-0.4, -0.2) is 16.9 Å². The first-order valence-electron chi connectivity index (χ1n) is 6.41. The molecule has 0 aliphatic heterocycles. The van der Waals surface area contributed by atoms with Gasteiger partial charge in [0.05, 0.1) is 11.4 Å². The van der Waals surface area contributed by atoms with Crippen molar-refractivity contribution in [3.63, 3.8) is 0 Å². The van der Waals surface area contributed by atoms with Crippen LogP contribution in [0, 0.1) is 0 Å². The Bertz CT molecular complexity index is 687. The van der Waals surface area contributed by atoms with E-state index in [0.717, 1.165) is 12.1 Å². The molecule has 0 aromatic heterocycles. The Hall–Kier alpha value is -2.77. The molecule has 1 aromatic rings. The summed E-state index contributed by atoms with van der Waals surface area (Å²) in [4.78, 5) is 14.9. The van der Waals surface area contributed by atoms with Crippen molar-refractivity contribution in [2.75, 3.05) is 5.32 Å². The molecule has 0 saturated heterocycles. The van der Waals surface area contributed by atoms with Gasteiger partial charge in [-0.3, -0.25) is 0 Å². The monoisotopic (exact) mass is 327 g/mol. The lowest BCUT2D eigenvalue weighted by Gasteiger charge is -2.13. The number of nitrogens with zero attached hydrogens (tertiary/aromatic N) is 1. The number of nitrogens with two attached hydrogens (primary N) is 1. The van der Waals surface area contributed by atoms with Crippen LogP contribution in [0.15, 0.2) is 52.8 Å². The van der Waals surface area contributed by atoms with Gasteiger partial charge in [0, 0.05) is 17.0 Å². The van der Waals surface area contributed by atoms with E-state index in [2.05, 4.69) is 16.9 Å². The summed E-state index contributed by atoms with van der Waals surface area (Å²) in [5, 5.41) is 11.8. The minimum absolute atomic E-state index is 0.0358. The number of anilines is 1. The van der Waals surface area contributed by atoms with E-state index < -0.39 is 17.7 Å². The number of aliphatic imine (C=N–C) groups is 1. The molecule has 124 valence electrons. The average Bonchev–Trinajstić information content (AvgIpc) is 2.43. The van der Waals surface area contributed by atoms with Crippen LogP contribution in [0.5, 0.6) is 0 Å². The molecule has 0 spiro atoms. The molecule has 0 bridgehead atoms. The highest BCUT2D eigenvalue weighted by atomic mass is 19.4. The van der Waals surface area contributed by atoms with Gasteiger partial charge >= 0.3 is 12.1 Å². The van der Waals surface area contributed by atoms with Crippen LogP contribution in [0.3, 0.4) is 0 Å². The summed E-state index contributed by atoms with van der Waals surface area (Å²) < 4.78 is 38.0. The fraction of sp³-hybridized carbons (Fsp3) is 0.200. The fourth-order valence-electron chi connectivity index (χ4n) is 1.65. The average molecular weight is 327 g/mol. The number of rotatable bonds is 5. The van der Waals surface area contributed by atoms with Crippen LogP contribution in [0.4, 0.5) is 18.9 Å². The summed E-state index contributed by atoms with van der Waals surface area (Å²) in [6.07, 6.45) is -4.48. The first-order valence-corrected chi connectivity index (χ1v) is 6.41. The molecule has 0 atom stereocenters. The molecule has 0 saturated carbocycles. The molecule has 0 radical (unpaired) electrons. The maximum Gasteiger partial charge on any atom is 0.416 e. The summed E-state index contributed by atoms with van der Waals surface area (Å²) in [5.74, 6) is -1.28. The number of carboxylic acid groups (broad SMARTS) is 1. The second-order valence-corrected chi connectivity index (χ2v) is 4.71. The van der Waals surface area contributed by atoms with Gasteiger partial charge < -0.3 is 16.2 Å². The van der Waals surface area contributed by atoms with Gasteiger partial charge in [-0.2, -0.15) is 13.2 Å². The minimum Gasteiger partial charge on any atom is -0.477 e. The zero-order valence-corrected chi connectivity index (χ0v) is 12.5. The Balaban J connectivity index is 3.12. The van der Waals surface area contributed by atoms with Gasteiger partial charge in [-0.05, 0) is 32.0 Å². The molecule has 0 heterocycles. The smallest absolute Gasteiger partial charge is 0.416 e. The van der Waals surface area contributed by atoms with E-state index >= 15 is 0 Å². The lowest BCUT2D eigenvalue weighted by Crippen LogP contribution is -2.12. The van der Waals surface area contributed by atoms with Crippen LogP contribution >= 0.6 is 0 Å². The van der Waals surface area contributed by atoms with Crippen molar-refractivity contribution in [1.82, 2.24) is 0 Å². The lowest BCUT2D eigenvalue weighted by atomic mass is 10.1. The molecule has 0 unspecified atom stereocenters. The van der Waals surface area contributed by atoms with Crippen molar-refractivity contribution in [2.45, 2.75) is 20.0 Å². The quantitative estimate of drug-likeness (QED) is 0.335. The molecule has 0 amide bonds. The Morgan fingerprint density at radius 3 is 2.43 bits per heavy atom. The topological polar surface area (TPSA) is 87.7 Å². The normalized spacial score (nSPS) is 13.3. The van der Waals surface area contributed by atoms with Crippen LogP contribution in [-0.2, 0) is 11.0 Å².